The van der Waals surface area contributed by atoms with Gasteiger partial charge >= 0.3 is 0 Å². The molecule has 0 aromatic heterocycles. The van der Waals surface area contributed by atoms with Crippen molar-refractivity contribution in [1.82, 2.24) is 9.62 Å². The predicted molar refractivity (Wildman–Crippen MR) is 63.5 cm³/mol. The third-order valence-electron chi connectivity index (χ3n) is 3.31. The van der Waals surface area contributed by atoms with Crippen LogP contribution in [0.15, 0.2) is 0 Å². The summed E-state index contributed by atoms with van der Waals surface area (Å²) in [6.45, 7) is 2.24. The second-order valence-corrected chi connectivity index (χ2v) is 7.45. The number of nitrogens with zero attached hydrogens (tertiary/aromatic N) is 1. The highest BCUT2D eigenvalue weighted by atomic mass is 79.9. The van der Waals surface area contributed by atoms with Gasteiger partial charge in [0.15, 0.2) is 0 Å². The van der Waals surface area contributed by atoms with Gasteiger partial charge in [-0.2, -0.15) is 0 Å². The van der Waals surface area contributed by atoms with Gasteiger partial charge in [0.25, 0.3) is 0 Å². The third kappa shape index (κ3) is 2.93. The molecule has 0 aromatic carbocycles. The van der Waals surface area contributed by atoms with Crippen molar-refractivity contribution in [3.05, 3.63) is 0 Å². The first-order valence-electron chi connectivity index (χ1n) is 5.41. The van der Waals surface area contributed by atoms with Gasteiger partial charge in [0, 0.05) is 12.1 Å². The van der Waals surface area contributed by atoms with E-state index in [-0.39, 0.29) is 10.7 Å². The lowest BCUT2D eigenvalue weighted by Crippen LogP contribution is -2.47. The standard InChI is InChI=1S/C9H17BrN2O2S/c10-7-15(13,14)11-8-3-5-12-4-1-2-9(12)6-8/h8-9,11H,1-7H2. The van der Waals surface area contributed by atoms with Crippen LogP contribution >= 0.6 is 15.9 Å². The van der Waals surface area contributed by atoms with E-state index in [1.165, 1.54) is 19.4 Å². The van der Waals surface area contributed by atoms with E-state index in [0.29, 0.717) is 6.04 Å². The van der Waals surface area contributed by atoms with E-state index < -0.39 is 10.0 Å². The van der Waals surface area contributed by atoms with Crippen molar-refractivity contribution in [2.24, 2.45) is 0 Å². The van der Waals surface area contributed by atoms with Crippen molar-refractivity contribution >= 4 is 26.0 Å². The molecule has 1 N–H and O–H groups in total. The largest absolute Gasteiger partial charge is 0.300 e. The van der Waals surface area contributed by atoms with E-state index in [1.54, 1.807) is 0 Å². The van der Waals surface area contributed by atoms with Crippen LogP contribution in [0.2, 0.25) is 0 Å². The number of fused-ring (bicyclic) bond motifs is 1. The van der Waals surface area contributed by atoms with Gasteiger partial charge in [-0.1, -0.05) is 15.9 Å². The van der Waals surface area contributed by atoms with Gasteiger partial charge in [-0.15, -0.1) is 0 Å². The zero-order valence-electron chi connectivity index (χ0n) is 8.65. The lowest BCUT2D eigenvalue weighted by atomic mass is 9.99. The van der Waals surface area contributed by atoms with Gasteiger partial charge < -0.3 is 4.90 Å². The molecule has 0 spiro atoms. The Labute approximate surface area is 99.6 Å². The first-order chi connectivity index (χ1) is 7.11. The maximum Gasteiger partial charge on any atom is 0.221 e. The van der Waals surface area contributed by atoms with Crippen LogP contribution in [0.4, 0.5) is 0 Å². The fourth-order valence-electron chi connectivity index (χ4n) is 2.62. The molecule has 15 heavy (non-hydrogen) atoms. The van der Waals surface area contributed by atoms with E-state index in [0.717, 1.165) is 19.4 Å². The molecule has 88 valence electrons. The summed E-state index contributed by atoms with van der Waals surface area (Å²) in [5, 5.41) is 0. The predicted octanol–water partition coefficient (Wildman–Crippen LogP) is 0.885. The SMILES string of the molecule is O=S(=O)(CBr)NC1CCN2CCCC2C1. The molecule has 0 bridgehead atoms. The first-order valence-corrected chi connectivity index (χ1v) is 8.18. The van der Waals surface area contributed by atoms with Crippen LogP contribution < -0.4 is 4.72 Å². The molecule has 2 unspecified atom stereocenters. The fraction of sp³-hybridized carbons (Fsp3) is 1.00. The Morgan fingerprint density at radius 1 is 1.33 bits per heavy atom. The molecule has 2 aliphatic heterocycles. The van der Waals surface area contributed by atoms with Crippen molar-refractivity contribution < 1.29 is 8.42 Å². The quantitative estimate of drug-likeness (QED) is 0.787. The van der Waals surface area contributed by atoms with Crippen LogP contribution in [0.1, 0.15) is 25.7 Å². The lowest BCUT2D eigenvalue weighted by Gasteiger charge is -2.34. The molecule has 6 heteroatoms. The lowest BCUT2D eigenvalue weighted by molar-refractivity contribution is 0.176. The molecule has 2 fully saturated rings. The minimum absolute atomic E-state index is 0.00484. The van der Waals surface area contributed by atoms with Gasteiger partial charge in [-0.05, 0) is 38.8 Å². The van der Waals surface area contributed by atoms with Gasteiger partial charge in [0.1, 0.15) is 4.66 Å². The van der Waals surface area contributed by atoms with Gasteiger partial charge in [0.05, 0.1) is 0 Å². The number of nitrogens with one attached hydrogen (secondary N) is 1. The average molecular weight is 297 g/mol. The summed E-state index contributed by atoms with van der Waals surface area (Å²) in [6, 6.07) is 0.758. The zero-order chi connectivity index (χ0) is 10.9. The molecule has 0 aliphatic carbocycles. The Morgan fingerprint density at radius 3 is 2.87 bits per heavy atom. The molecular weight excluding hydrogens is 280 g/mol. The Balaban J connectivity index is 1.90. The maximum atomic E-state index is 11.4. The van der Waals surface area contributed by atoms with Crippen LogP contribution in [-0.4, -0.2) is 43.2 Å². The molecule has 2 rings (SSSR count). The van der Waals surface area contributed by atoms with Crippen molar-refractivity contribution in [2.45, 2.75) is 37.8 Å². The maximum absolute atomic E-state index is 11.4. The third-order valence-corrected chi connectivity index (χ3v) is 6.10. The van der Waals surface area contributed by atoms with Crippen LogP contribution in [-0.2, 0) is 10.0 Å². The van der Waals surface area contributed by atoms with E-state index >= 15 is 0 Å². The number of halogens is 1. The highest BCUT2D eigenvalue weighted by Crippen LogP contribution is 2.27. The van der Waals surface area contributed by atoms with Gasteiger partial charge in [0.2, 0.25) is 10.0 Å². The minimum Gasteiger partial charge on any atom is -0.300 e. The summed E-state index contributed by atoms with van der Waals surface area (Å²) in [7, 11) is -3.10. The normalized spacial score (nSPS) is 32.9. The number of rotatable bonds is 3. The Hall–Kier alpha value is 0.350. The smallest absolute Gasteiger partial charge is 0.221 e. The molecule has 2 heterocycles. The molecule has 2 atom stereocenters. The topological polar surface area (TPSA) is 49.4 Å². The molecular formula is C9H17BrN2O2S. The minimum atomic E-state index is -3.10. The van der Waals surface area contributed by atoms with Gasteiger partial charge in [-0.3, -0.25) is 0 Å². The van der Waals surface area contributed by atoms with Crippen molar-refractivity contribution in [3.8, 4) is 0 Å². The summed E-state index contributed by atoms with van der Waals surface area (Å²) < 4.78 is 25.5. The molecule has 2 saturated heterocycles. The van der Waals surface area contributed by atoms with E-state index in [2.05, 4.69) is 25.6 Å². The van der Waals surface area contributed by atoms with E-state index in [9.17, 15) is 8.42 Å². The van der Waals surface area contributed by atoms with Crippen LogP contribution in [0, 0.1) is 0 Å². The molecule has 0 amide bonds. The number of hydrogen-bond acceptors (Lipinski definition) is 3. The van der Waals surface area contributed by atoms with Crippen LogP contribution in [0.5, 0.6) is 0 Å². The molecule has 0 aromatic rings. The average Bonchev–Trinajstić information content (AvgIpc) is 2.64. The molecule has 4 nitrogen and oxygen atoms in total. The zero-order valence-corrected chi connectivity index (χ0v) is 11.1. The van der Waals surface area contributed by atoms with Crippen molar-refractivity contribution in [2.75, 3.05) is 17.8 Å². The summed E-state index contributed by atoms with van der Waals surface area (Å²) >= 11 is 2.99. The number of piperidine rings is 1. The van der Waals surface area contributed by atoms with Gasteiger partial charge in [-0.25, -0.2) is 13.1 Å². The summed E-state index contributed by atoms with van der Waals surface area (Å²) in [5.74, 6) is 0. The van der Waals surface area contributed by atoms with Crippen LogP contribution in [0.25, 0.3) is 0 Å². The van der Waals surface area contributed by atoms with E-state index in [4.69, 9.17) is 0 Å². The summed E-state index contributed by atoms with van der Waals surface area (Å²) in [6.07, 6.45) is 4.42. The fourth-order valence-corrected chi connectivity index (χ4v) is 3.80. The second kappa shape index (κ2) is 4.69. The Morgan fingerprint density at radius 2 is 2.13 bits per heavy atom. The monoisotopic (exact) mass is 296 g/mol. The van der Waals surface area contributed by atoms with E-state index in [1.807, 2.05) is 0 Å². The highest BCUT2D eigenvalue weighted by Gasteiger charge is 2.32. The summed E-state index contributed by atoms with van der Waals surface area (Å²) in [4.78, 5) is 2.49. The Bertz CT molecular complexity index is 320. The summed E-state index contributed by atoms with van der Waals surface area (Å²) in [5.41, 5.74) is 0. The molecule has 0 saturated carbocycles. The number of hydrogen-bond donors (Lipinski definition) is 1. The first kappa shape index (κ1) is 11.8. The highest BCUT2D eigenvalue weighted by molar-refractivity contribution is 9.10. The van der Waals surface area contributed by atoms with Crippen molar-refractivity contribution in [1.29, 1.82) is 0 Å². The number of sulfonamides is 1. The van der Waals surface area contributed by atoms with Crippen LogP contribution in [0.3, 0.4) is 0 Å². The Kier molecular flexibility index (Phi) is 3.70. The number of alkyl halides is 1. The molecule has 2 aliphatic rings. The molecule has 0 radical (unpaired) electrons. The second-order valence-electron chi connectivity index (χ2n) is 4.40. The van der Waals surface area contributed by atoms with Crippen molar-refractivity contribution in [3.63, 3.8) is 0 Å².